The Balaban J connectivity index is 1.22. The zero-order chi connectivity index (χ0) is 71.3. The number of rotatable bonds is 40. The first-order valence-corrected chi connectivity index (χ1v) is 35.0. The average Bonchev–Trinajstić information content (AvgIpc) is 1.70. The molecule has 9 atom stereocenters. The second-order valence-corrected chi connectivity index (χ2v) is 26.7. The number of primary amides is 1. The van der Waals surface area contributed by atoms with Crippen molar-refractivity contribution >= 4 is 82.4 Å². The van der Waals surface area contributed by atoms with Crippen molar-refractivity contribution in [3.8, 4) is 5.75 Å². The topological polar surface area (TPSA) is 356 Å². The van der Waals surface area contributed by atoms with E-state index in [0.717, 1.165) is 10.5 Å². The van der Waals surface area contributed by atoms with Crippen LogP contribution >= 0.6 is 11.3 Å². The lowest BCUT2D eigenvalue weighted by molar-refractivity contribution is -0.145. The minimum absolute atomic E-state index is 0.0903. The number of urea groups is 1. The molecule has 5 rings (SSSR count). The third-order valence-electron chi connectivity index (χ3n) is 17.4. The van der Waals surface area contributed by atoms with Crippen LogP contribution < -0.4 is 37.6 Å². The van der Waals surface area contributed by atoms with Crippen molar-refractivity contribution in [3.63, 3.8) is 0 Å². The molecule has 2 aliphatic rings. The van der Waals surface area contributed by atoms with E-state index in [1.54, 1.807) is 74.7 Å². The third-order valence-corrected chi connectivity index (χ3v) is 18.3. The number of nitrogens with two attached hydrogens (primary N) is 1. The van der Waals surface area contributed by atoms with Gasteiger partial charge in [-0.2, -0.15) is 0 Å². The molecule has 0 radical (unpaired) electrons. The first-order chi connectivity index (χ1) is 46.3. The number of likely N-dealkylation sites (tertiary alicyclic amines) is 1. The third kappa shape index (κ3) is 25.2. The number of nitrogens with zero attached hydrogens (tertiary/aromatic N) is 4. The van der Waals surface area contributed by atoms with E-state index in [4.69, 9.17) is 24.9 Å². The van der Waals surface area contributed by atoms with Gasteiger partial charge in [0.15, 0.2) is 0 Å². The molecule has 2 aromatic carbocycles. The summed E-state index contributed by atoms with van der Waals surface area (Å²) in [5.41, 5.74) is 7.19. The Morgan fingerprint density at radius 3 is 2.10 bits per heavy atom. The highest BCUT2D eigenvalue weighted by molar-refractivity contribution is 7.09. The number of imide groups is 1. The molecular weight excluding hydrogens is 1270 g/mol. The van der Waals surface area contributed by atoms with Gasteiger partial charge >= 0.3 is 18.1 Å². The van der Waals surface area contributed by atoms with E-state index >= 15 is 4.79 Å². The van der Waals surface area contributed by atoms with Crippen molar-refractivity contribution in [1.29, 1.82) is 0 Å². The van der Waals surface area contributed by atoms with Gasteiger partial charge in [0.1, 0.15) is 53.3 Å². The van der Waals surface area contributed by atoms with Crippen LogP contribution in [0.2, 0.25) is 0 Å². The van der Waals surface area contributed by atoms with E-state index in [2.05, 4.69) is 31.9 Å². The lowest BCUT2D eigenvalue weighted by atomic mass is 9.92. The number of ether oxygens (including phenoxy) is 3. The first-order valence-electron chi connectivity index (χ1n) is 34.1. The number of piperidine rings is 1. The minimum Gasteiger partial charge on any atom is -0.508 e. The van der Waals surface area contributed by atoms with Crippen LogP contribution in [-0.4, -0.2) is 166 Å². The van der Waals surface area contributed by atoms with Crippen molar-refractivity contribution in [2.75, 3.05) is 45.2 Å². The number of carbonyl (C=O) groups excluding carboxylic acids is 11. The van der Waals surface area contributed by atoms with Crippen LogP contribution in [0.3, 0.4) is 0 Å². The Bertz CT molecular complexity index is 3120. The number of hydrogen-bond donors (Lipinski definition) is 8. The Kier molecular flexibility index (Phi) is 32.9. The molecule has 0 spiro atoms. The maximum atomic E-state index is 15.3. The van der Waals surface area contributed by atoms with Gasteiger partial charge < -0.3 is 61.9 Å². The van der Waals surface area contributed by atoms with E-state index in [1.165, 1.54) is 35.5 Å². The Hall–Kier alpha value is -8.46. The zero-order valence-electron chi connectivity index (χ0n) is 58.0. The molecule has 0 unspecified atom stereocenters. The SMILES string of the molecule is CCCO[C@H](C[C@H](C(C)C)N(CCC)C(=O)[C@@H](NC(=O)[C@H]1CCCCN1C(=O)OCc1ccc(NC(=O)[C@H](CCCNC(N)=O)NC(=O)[C@@H](NC(=O)CCCCCN2C(=O)C=CC2=O)C(C)C)cc1)[C@@H](C)CC)c1nc(C(=O)N[C@@H](Cc2ccc(O)cc2)C[C@H](C)C(=O)OC)cs1. The smallest absolute Gasteiger partial charge is 0.410 e. The number of carbonyl (C=O) groups is 11. The molecule has 3 heterocycles. The number of nitrogens with one attached hydrogen (secondary N) is 6. The number of phenolic OH excluding ortho intramolecular Hbond substituents is 1. The van der Waals surface area contributed by atoms with Crippen molar-refractivity contribution < 1.29 is 72.1 Å². The fourth-order valence-corrected chi connectivity index (χ4v) is 12.5. The Morgan fingerprint density at radius 2 is 1.47 bits per heavy atom. The summed E-state index contributed by atoms with van der Waals surface area (Å²) in [6.45, 7) is 18.3. The second-order valence-electron chi connectivity index (χ2n) is 25.8. The van der Waals surface area contributed by atoms with Crippen LogP contribution in [0.4, 0.5) is 15.3 Å². The molecule has 0 aliphatic carbocycles. The van der Waals surface area contributed by atoms with Gasteiger partial charge in [-0.1, -0.05) is 99.4 Å². The second kappa shape index (κ2) is 40.3. The number of benzene rings is 2. The fraction of sp³-hybridized carbons (Fsp3) is 0.600. The van der Waals surface area contributed by atoms with Crippen molar-refractivity contribution in [3.05, 3.63) is 87.9 Å². The highest BCUT2D eigenvalue weighted by Gasteiger charge is 2.40. The number of phenols is 1. The number of esters is 1. The molecule has 97 heavy (non-hydrogen) atoms. The number of unbranched alkanes of at least 4 members (excludes halogenated alkanes) is 2. The van der Waals surface area contributed by atoms with E-state index in [1.807, 2.05) is 46.4 Å². The lowest BCUT2D eigenvalue weighted by Gasteiger charge is -2.40. The highest BCUT2D eigenvalue weighted by Crippen LogP contribution is 2.33. The summed E-state index contributed by atoms with van der Waals surface area (Å²) in [4.78, 5) is 155. The lowest BCUT2D eigenvalue weighted by Crippen LogP contribution is -2.59. The molecule has 9 N–H and O–H groups in total. The molecule has 2 aliphatic heterocycles. The van der Waals surface area contributed by atoms with Gasteiger partial charge in [0.05, 0.1) is 13.0 Å². The quantitative estimate of drug-likeness (QED) is 0.0153. The summed E-state index contributed by atoms with van der Waals surface area (Å²) in [5.74, 6) is -5.07. The molecule has 11 amide bonds. The molecule has 27 heteroatoms. The first kappa shape index (κ1) is 79.2. The predicted octanol–water partition coefficient (Wildman–Crippen LogP) is 7.73. The van der Waals surface area contributed by atoms with Crippen molar-refractivity contribution in [2.45, 2.75) is 208 Å². The molecule has 0 saturated carbocycles. The van der Waals surface area contributed by atoms with Crippen LogP contribution in [0, 0.1) is 23.7 Å². The number of aromatic nitrogens is 1. The number of thiazole rings is 1. The van der Waals surface area contributed by atoms with Crippen LogP contribution in [0.15, 0.2) is 66.1 Å². The monoisotopic (exact) mass is 1370 g/mol. The molecule has 1 fully saturated rings. The van der Waals surface area contributed by atoms with Crippen LogP contribution in [0.1, 0.15) is 185 Å². The molecule has 1 aromatic heterocycles. The van der Waals surface area contributed by atoms with E-state index in [9.17, 15) is 53.1 Å². The van der Waals surface area contributed by atoms with Gasteiger partial charge in [0.2, 0.25) is 29.5 Å². The highest BCUT2D eigenvalue weighted by atomic mass is 32.1. The fourth-order valence-electron chi connectivity index (χ4n) is 11.7. The summed E-state index contributed by atoms with van der Waals surface area (Å²) >= 11 is 1.28. The van der Waals surface area contributed by atoms with Crippen LogP contribution in [-0.2, 0) is 65.6 Å². The largest absolute Gasteiger partial charge is 0.508 e. The zero-order valence-corrected chi connectivity index (χ0v) is 58.8. The summed E-state index contributed by atoms with van der Waals surface area (Å²) in [5, 5.41) is 29.1. The van der Waals surface area contributed by atoms with Gasteiger partial charge in [-0.25, -0.2) is 14.6 Å². The normalized spacial score (nSPS) is 16.3. The summed E-state index contributed by atoms with van der Waals surface area (Å²) < 4.78 is 17.3. The van der Waals surface area contributed by atoms with Gasteiger partial charge in [-0.3, -0.25) is 53.0 Å². The molecular formula is C70H103N11O15S. The van der Waals surface area contributed by atoms with Crippen LogP contribution in [0.25, 0.3) is 0 Å². The van der Waals surface area contributed by atoms with E-state index in [0.29, 0.717) is 100 Å². The number of hydrogen-bond acceptors (Lipinski definition) is 17. The molecule has 534 valence electrons. The van der Waals surface area contributed by atoms with Gasteiger partial charge in [0, 0.05) is 80.9 Å². The Morgan fingerprint density at radius 1 is 0.784 bits per heavy atom. The molecule has 1 saturated heterocycles. The maximum absolute atomic E-state index is 15.3. The molecule has 26 nitrogen and oxygen atoms in total. The van der Waals surface area contributed by atoms with Gasteiger partial charge in [-0.05, 0) is 124 Å². The molecule has 3 aromatic rings. The van der Waals surface area contributed by atoms with Gasteiger partial charge in [0.25, 0.3) is 17.7 Å². The summed E-state index contributed by atoms with van der Waals surface area (Å²) in [7, 11) is 1.32. The minimum atomic E-state index is -1.10. The Labute approximate surface area is 574 Å². The van der Waals surface area contributed by atoms with Crippen molar-refractivity contribution in [1.82, 2.24) is 46.3 Å². The maximum Gasteiger partial charge on any atom is 0.410 e. The standard InChI is InChI=1S/C70H103N11O15S/c1-11-34-79(55(43(4)5)40-56(95-37-12-2)66-76-53(42-97-66)63(87)74-50(38-46(9)68(91)94-10)39-47-25-29-51(82)30-26-47)67(90)61(45(8)13-3)78-64(88)54-21-16-18-35-80(54)70(93)96-41-48-23-27-49(28-24-48)73-62(86)52(20-19-33-72-69(71)92)75-65(89)60(44(6)7)77-57(83)22-15-14-17-36-81-58(84)31-32-59(81)85/h23-32,42-46,50,52,54-56,60-61,82H,11-22,33-41H2,1-10H3,(H,73,86)(H,74,87)(H,75,89)(H,77,83)(H,78,88)(H3,71,72,92)/t45-,46-,50+,52-,54+,55+,56+,60-,61-/m0/s1. The number of methoxy groups -OCH3 is 1. The van der Waals surface area contributed by atoms with Gasteiger partial charge in [-0.15, -0.1) is 11.3 Å². The van der Waals surface area contributed by atoms with E-state index in [-0.39, 0.29) is 105 Å². The number of anilines is 1. The molecule has 0 bridgehead atoms. The summed E-state index contributed by atoms with van der Waals surface area (Å²) in [6.07, 6.45) is 7.54. The summed E-state index contributed by atoms with van der Waals surface area (Å²) in [6, 6.07) is 7.52. The predicted molar refractivity (Wildman–Crippen MR) is 366 cm³/mol. The number of amides is 11. The van der Waals surface area contributed by atoms with Crippen LogP contribution in [0.5, 0.6) is 5.75 Å². The van der Waals surface area contributed by atoms with Crippen molar-refractivity contribution in [2.24, 2.45) is 29.4 Å². The average molecular weight is 1370 g/mol. The number of aromatic hydroxyl groups is 1. The van der Waals surface area contributed by atoms with E-state index < -0.39 is 90.0 Å².